The molecule has 0 spiro atoms. The van der Waals surface area contributed by atoms with Gasteiger partial charge >= 0.3 is 0 Å². The van der Waals surface area contributed by atoms with Gasteiger partial charge in [0.05, 0.1) is 24.1 Å². The summed E-state index contributed by atoms with van der Waals surface area (Å²) in [5.41, 5.74) is 5.72. The van der Waals surface area contributed by atoms with Gasteiger partial charge in [-0.2, -0.15) is 5.10 Å². The second kappa shape index (κ2) is 6.80. The van der Waals surface area contributed by atoms with Crippen LogP contribution >= 0.6 is 11.6 Å². The van der Waals surface area contributed by atoms with Crippen LogP contribution in [-0.4, -0.2) is 20.7 Å². The number of nitrogens with zero attached hydrogens (tertiary/aromatic N) is 3. The van der Waals surface area contributed by atoms with Gasteiger partial charge < -0.3 is 9.73 Å². The third-order valence-electron chi connectivity index (χ3n) is 5.12. The summed E-state index contributed by atoms with van der Waals surface area (Å²) < 4.78 is 7.29. The minimum atomic E-state index is -0.146. The van der Waals surface area contributed by atoms with Crippen LogP contribution < -0.4 is 5.32 Å². The SMILES string of the molecule is O=C(Cc1coc2cc3c(cc12)CCC3)Nc1cc(Cl)ccc1-n1cncn1. The third-order valence-corrected chi connectivity index (χ3v) is 5.35. The van der Waals surface area contributed by atoms with Gasteiger partial charge in [-0.15, -0.1) is 0 Å². The normalized spacial score (nSPS) is 13.0. The quantitative estimate of drug-likeness (QED) is 0.560. The number of rotatable bonds is 4. The first-order chi connectivity index (χ1) is 13.7. The Morgan fingerprint density at radius 1 is 1.21 bits per heavy atom. The molecule has 0 radical (unpaired) electrons. The topological polar surface area (TPSA) is 73.0 Å². The van der Waals surface area contributed by atoms with E-state index < -0.39 is 0 Å². The van der Waals surface area contributed by atoms with Crippen molar-refractivity contribution in [3.05, 3.63) is 71.0 Å². The molecule has 0 saturated carbocycles. The number of amides is 1. The average Bonchev–Trinajstić information content (AvgIpc) is 3.41. The second-order valence-corrected chi connectivity index (χ2v) is 7.39. The van der Waals surface area contributed by atoms with E-state index in [1.54, 1.807) is 35.5 Å². The zero-order chi connectivity index (χ0) is 19.1. The fourth-order valence-electron chi connectivity index (χ4n) is 3.79. The smallest absolute Gasteiger partial charge is 0.228 e. The number of carbonyl (C=O) groups excluding carboxylic acids is 1. The maximum Gasteiger partial charge on any atom is 0.228 e. The van der Waals surface area contributed by atoms with E-state index in [2.05, 4.69) is 27.5 Å². The van der Waals surface area contributed by atoms with Crippen LogP contribution in [0.25, 0.3) is 16.7 Å². The van der Waals surface area contributed by atoms with Crippen molar-refractivity contribution >= 4 is 34.2 Å². The van der Waals surface area contributed by atoms with E-state index in [4.69, 9.17) is 16.0 Å². The molecule has 0 fully saturated rings. The second-order valence-electron chi connectivity index (χ2n) is 6.96. The number of fused-ring (bicyclic) bond motifs is 2. The van der Waals surface area contributed by atoms with Crippen molar-refractivity contribution in [3.8, 4) is 5.69 Å². The van der Waals surface area contributed by atoms with Gasteiger partial charge in [-0.1, -0.05) is 11.6 Å². The molecule has 140 valence electrons. The van der Waals surface area contributed by atoms with Crippen molar-refractivity contribution in [1.82, 2.24) is 14.8 Å². The van der Waals surface area contributed by atoms with Crippen molar-refractivity contribution in [2.75, 3.05) is 5.32 Å². The molecule has 2 heterocycles. The number of benzene rings is 2. The standard InChI is InChI=1S/C21H17ClN4O2/c22-16-4-5-19(26-12-23-11-24-26)18(9-16)25-21(27)8-15-10-28-20-7-14-3-1-2-13(14)6-17(15)20/h4-7,9-12H,1-3,8H2,(H,25,27). The van der Waals surface area contributed by atoms with Gasteiger partial charge in [0.2, 0.25) is 5.91 Å². The summed E-state index contributed by atoms with van der Waals surface area (Å²) in [6.07, 6.45) is 8.27. The largest absolute Gasteiger partial charge is 0.464 e. The summed E-state index contributed by atoms with van der Waals surface area (Å²) in [5.74, 6) is -0.146. The average molecular weight is 393 g/mol. The van der Waals surface area contributed by atoms with Crippen molar-refractivity contribution in [2.24, 2.45) is 0 Å². The lowest BCUT2D eigenvalue weighted by molar-refractivity contribution is -0.115. The maximum atomic E-state index is 12.7. The molecule has 0 bridgehead atoms. The van der Waals surface area contributed by atoms with Crippen LogP contribution in [0.2, 0.25) is 5.02 Å². The van der Waals surface area contributed by atoms with E-state index in [0.29, 0.717) is 16.4 Å². The minimum Gasteiger partial charge on any atom is -0.464 e. The lowest BCUT2D eigenvalue weighted by atomic mass is 10.0. The number of hydrogen-bond donors (Lipinski definition) is 1. The zero-order valence-electron chi connectivity index (χ0n) is 15.0. The molecule has 6 nitrogen and oxygen atoms in total. The molecular weight excluding hydrogens is 376 g/mol. The molecule has 0 saturated heterocycles. The van der Waals surface area contributed by atoms with E-state index in [1.807, 2.05) is 0 Å². The van der Waals surface area contributed by atoms with Gasteiger partial charge in [0, 0.05) is 16.0 Å². The lowest BCUT2D eigenvalue weighted by Gasteiger charge is -2.11. The van der Waals surface area contributed by atoms with Crippen molar-refractivity contribution in [2.45, 2.75) is 25.7 Å². The number of nitrogens with one attached hydrogen (secondary N) is 1. The Kier molecular flexibility index (Phi) is 4.13. The number of aryl methyl sites for hydroxylation is 2. The lowest BCUT2D eigenvalue weighted by Crippen LogP contribution is -2.16. The highest BCUT2D eigenvalue weighted by atomic mass is 35.5. The molecule has 2 aromatic carbocycles. The van der Waals surface area contributed by atoms with E-state index in [9.17, 15) is 4.79 Å². The predicted molar refractivity (Wildman–Crippen MR) is 107 cm³/mol. The maximum absolute atomic E-state index is 12.7. The molecule has 1 aliphatic rings. The Balaban J connectivity index is 1.42. The first-order valence-electron chi connectivity index (χ1n) is 9.13. The van der Waals surface area contributed by atoms with Crippen LogP contribution in [0.1, 0.15) is 23.1 Å². The highest BCUT2D eigenvalue weighted by Gasteiger charge is 2.17. The molecule has 0 unspecified atom stereocenters. The van der Waals surface area contributed by atoms with Gasteiger partial charge in [0.25, 0.3) is 0 Å². The van der Waals surface area contributed by atoms with Crippen molar-refractivity contribution in [1.29, 1.82) is 0 Å². The molecule has 0 atom stereocenters. The fourth-order valence-corrected chi connectivity index (χ4v) is 3.97. The third kappa shape index (κ3) is 3.05. The van der Waals surface area contributed by atoms with Gasteiger partial charge in [0.1, 0.15) is 18.2 Å². The molecule has 1 aliphatic carbocycles. The summed E-state index contributed by atoms with van der Waals surface area (Å²) >= 11 is 6.13. The molecule has 28 heavy (non-hydrogen) atoms. The summed E-state index contributed by atoms with van der Waals surface area (Å²) in [5, 5.41) is 8.61. The summed E-state index contributed by atoms with van der Waals surface area (Å²) in [6.45, 7) is 0. The molecule has 0 aliphatic heterocycles. The van der Waals surface area contributed by atoms with E-state index in [-0.39, 0.29) is 12.3 Å². The molecule has 4 aromatic rings. The highest BCUT2D eigenvalue weighted by molar-refractivity contribution is 6.31. The number of aromatic nitrogens is 3. The molecule has 1 amide bonds. The number of halogens is 1. The molecule has 5 rings (SSSR count). The molecule has 1 N–H and O–H groups in total. The van der Waals surface area contributed by atoms with Gasteiger partial charge in [0.15, 0.2) is 0 Å². The predicted octanol–water partition coefficient (Wildman–Crippen LogP) is 4.34. The van der Waals surface area contributed by atoms with E-state index in [1.165, 1.54) is 23.9 Å². The molecular formula is C21H17ClN4O2. The number of anilines is 1. The molecule has 7 heteroatoms. The Labute approximate surface area is 166 Å². The first kappa shape index (κ1) is 17.0. The van der Waals surface area contributed by atoms with E-state index >= 15 is 0 Å². The van der Waals surface area contributed by atoms with Crippen LogP contribution in [0.15, 0.2) is 53.7 Å². The summed E-state index contributed by atoms with van der Waals surface area (Å²) in [4.78, 5) is 16.7. The number of hydrogen-bond acceptors (Lipinski definition) is 4. The Morgan fingerprint density at radius 2 is 2.07 bits per heavy atom. The Morgan fingerprint density at radius 3 is 2.89 bits per heavy atom. The van der Waals surface area contributed by atoms with Crippen molar-refractivity contribution in [3.63, 3.8) is 0 Å². The monoisotopic (exact) mass is 392 g/mol. The first-order valence-corrected chi connectivity index (χ1v) is 9.51. The Bertz CT molecular complexity index is 1180. The van der Waals surface area contributed by atoms with Gasteiger partial charge in [-0.05, 0) is 60.7 Å². The highest BCUT2D eigenvalue weighted by Crippen LogP contribution is 2.31. The van der Waals surface area contributed by atoms with Crippen LogP contribution in [0.5, 0.6) is 0 Å². The fraction of sp³-hybridized carbons (Fsp3) is 0.190. The van der Waals surface area contributed by atoms with Gasteiger partial charge in [-0.3, -0.25) is 4.79 Å². The molecule has 2 aromatic heterocycles. The summed E-state index contributed by atoms with van der Waals surface area (Å²) in [7, 11) is 0. The number of furan rings is 1. The minimum absolute atomic E-state index is 0.146. The van der Waals surface area contributed by atoms with Crippen LogP contribution in [0.4, 0.5) is 5.69 Å². The van der Waals surface area contributed by atoms with E-state index in [0.717, 1.165) is 29.4 Å². The number of carbonyl (C=O) groups is 1. The Hall–Kier alpha value is -3.12. The van der Waals surface area contributed by atoms with Crippen LogP contribution in [0, 0.1) is 0 Å². The van der Waals surface area contributed by atoms with Crippen molar-refractivity contribution < 1.29 is 9.21 Å². The zero-order valence-corrected chi connectivity index (χ0v) is 15.7. The van der Waals surface area contributed by atoms with Crippen LogP contribution in [0.3, 0.4) is 0 Å². The van der Waals surface area contributed by atoms with Gasteiger partial charge in [-0.25, -0.2) is 9.67 Å². The van der Waals surface area contributed by atoms with Crippen LogP contribution in [-0.2, 0) is 24.1 Å². The summed E-state index contributed by atoms with van der Waals surface area (Å²) in [6, 6.07) is 9.53.